The van der Waals surface area contributed by atoms with Gasteiger partial charge in [0.05, 0.1) is 31.2 Å². The summed E-state index contributed by atoms with van der Waals surface area (Å²) in [5, 5.41) is 14.1. The van der Waals surface area contributed by atoms with Gasteiger partial charge in [0.1, 0.15) is 5.75 Å². The molecule has 0 saturated heterocycles. The molecule has 8 heteroatoms. The van der Waals surface area contributed by atoms with Crippen LogP contribution in [0.5, 0.6) is 5.75 Å². The number of nitrogens with zero attached hydrogens (tertiary/aromatic N) is 3. The van der Waals surface area contributed by atoms with Gasteiger partial charge < -0.3 is 20.1 Å². The van der Waals surface area contributed by atoms with E-state index in [0.29, 0.717) is 29.6 Å². The van der Waals surface area contributed by atoms with Crippen molar-refractivity contribution >= 4 is 29.1 Å². The highest BCUT2D eigenvalue weighted by Crippen LogP contribution is 2.22. The second-order valence-corrected chi connectivity index (χ2v) is 5.41. The molecule has 2 aromatic carbocycles. The predicted molar refractivity (Wildman–Crippen MR) is 102 cm³/mol. The van der Waals surface area contributed by atoms with E-state index in [1.165, 1.54) is 6.20 Å². The first kappa shape index (κ1) is 18.1. The monoisotopic (exact) mass is 365 g/mol. The Hall–Kier alpha value is -3.68. The number of benzene rings is 2. The van der Waals surface area contributed by atoms with Crippen LogP contribution in [0.4, 0.5) is 23.1 Å². The largest absolute Gasteiger partial charge is 0.497 e. The highest BCUT2D eigenvalue weighted by Gasteiger charge is 2.12. The van der Waals surface area contributed by atoms with Crippen LogP contribution in [0.3, 0.4) is 0 Å². The maximum absolute atomic E-state index is 12.1. The lowest BCUT2D eigenvalue weighted by Gasteiger charge is -2.11. The van der Waals surface area contributed by atoms with Crippen molar-refractivity contribution in [3.05, 3.63) is 60.3 Å². The summed E-state index contributed by atoms with van der Waals surface area (Å²) in [5.41, 5.74) is 1.79. The zero-order chi connectivity index (χ0) is 19.1. The molecule has 3 aromatic rings. The molecule has 3 rings (SSSR count). The van der Waals surface area contributed by atoms with E-state index in [1.807, 2.05) is 30.3 Å². The summed E-state index contributed by atoms with van der Waals surface area (Å²) in [5.74, 6) is 1.11. The fourth-order valence-corrected chi connectivity index (χ4v) is 2.34. The molecule has 27 heavy (non-hydrogen) atoms. The summed E-state index contributed by atoms with van der Waals surface area (Å²) in [6.45, 7) is 2.07. The Bertz CT molecular complexity index is 915. The number of para-hydroxylation sites is 1. The smallest absolute Gasteiger partial charge is 0.340 e. The standard InChI is InChI=1S/C19H19N5O3/c1-3-27-18(25)15-6-4-5-7-16(15)22-17-12-20-24-19(23-17)21-13-8-10-14(26-2)11-9-13/h4-12H,3H2,1-2H3,(H2,21,22,23,24). The average Bonchev–Trinajstić information content (AvgIpc) is 2.69. The number of methoxy groups -OCH3 is 1. The molecule has 0 unspecified atom stereocenters. The second kappa shape index (κ2) is 8.61. The number of esters is 1. The molecule has 0 aliphatic rings. The Morgan fingerprint density at radius 3 is 2.59 bits per heavy atom. The number of anilines is 4. The Labute approximate surface area is 156 Å². The molecular formula is C19H19N5O3. The van der Waals surface area contributed by atoms with Gasteiger partial charge in [0.15, 0.2) is 5.82 Å². The van der Waals surface area contributed by atoms with Crippen LogP contribution in [-0.4, -0.2) is 34.9 Å². The summed E-state index contributed by atoms with van der Waals surface area (Å²) in [7, 11) is 1.61. The van der Waals surface area contributed by atoms with Crippen molar-refractivity contribution in [1.82, 2.24) is 15.2 Å². The topological polar surface area (TPSA) is 98.3 Å². The van der Waals surface area contributed by atoms with Gasteiger partial charge in [-0.05, 0) is 43.3 Å². The van der Waals surface area contributed by atoms with E-state index in [1.54, 1.807) is 32.2 Å². The molecule has 0 bridgehead atoms. The summed E-state index contributed by atoms with van der Waals surface area (Å²) in [6, 6.07) is 14.4. The molecule has 8 nitrogen and oxygen atoms in total. The van der Waals surface area contributed by atoms with E-state index in [9.17, 15) is 4.79 Å². The number of hydrogen-bond donors (Lipinski definition) is 2. The molecule has 0 saturated carbocycles. The van der Waals surface area contributed by atoms with Gasteiger partial charge in [0.2, 0.25) is 5.95 Å². The van der Waals surface area contributed by atoms with Crippen molar-refractivity contribution in [1.29, 1.82) is 0 Å². The lowest BCUT2D eigenvalue weighted by Crippen LogP contribution is -2.09. The first-order valence-electron chi connectivity index (χ1n) is 8.33. The van der Waals surface area contributed by atoms with Crippen molar-refractivity contribution in [2.45, 2.75) is 6.92 Å². The van der Waals surface area contributed by atoms with Crippen LogP contribution in [0, 0.1) is 0 Å². The normalized spacial score (nSPS) is 10.1. The Kier molecular flexibility index (Phi) is 5.78. The fraction of sp³-hybridized carbons (Fsp3) is 0.158. The number of nitrogens with one attached hydrogen (secondary N) is 2. The van der Waals surface area contributed by atoms with Gasteiger partial charge >= 0.3 is 5.97 Å². The van der Waals surface area contributed by atoms with Gasteiger partial charge in [0.25, 0.3) is 0 Å². The summed E-state index contributed by atoms with van der Waals surface area (Å²) < 4.78 is 10.2. The Balaban J connectivity index is 1.77. The first-order valence-corrected chi connectivity index (χ1v) is 8.33. The van der Waals surface area contributed by atoms with Crippen molar-refractivity contribution in [2.24, 2.45) is 0 Å². The second-order valence-electron chi connectivity index (χ2n) is 5.41. The molecule has 0 fully saturated rings. The molecule has 1 aromatic heterocycles. The minimum Gasteiger partial charge on any atom is -0.497 e. The fourth-order valence-electron chi connectivity index (χ4n) is 2.34. The third kappa shape index (κ3) is 4.69. The van der Waals surface area contributed by atoms with Crippen LogP contribution in [0.1, 0.15) is 17.3 Å². The highest BCUT2D eigenvalue weighted by molar-refractivity contribution is 5.96. The van der Waals surface area contributed by atoms with Crippen LogP contribution in [0.15, 0.2) is 54.7 Å². The van der Waals surface area contributed by atoms with Gasteiger partial charge in [-0.3, -0.25) is 0 Å². The molecule has 0 radical (unpaired) electrons. The van der Waals surface area contributed by atoms with E-state index in [-0.39, 0.29) is 0 Å². The third-order valence-electron chi connectivity index (χ3n) is 3.59. The lowest BCUT2D eigenvalue weighted by atomic mass is 10.2. The van der Waals surface area contributed by atoms with E-state index in [0.717, 1.165) is 11.4 Å². The summed E-state index contributed by atoms with van der Waals surface area (Å²) in [4.78, 5) is 16.5. The summed E-state index contributed by atoms with van der Waals surface area (Å²) >= 11 is 0. The number of carbonyl (C=O) groups excluding carboxylic acids is 1. The van der Waals surface area contributed by atoms with Crippen LogP contribution in [0.2, 0.25) is 0 Å². The number of rotatable bonds is 7. The number of hydrogen-bond acceptors (Lipinski definition) is 8. The molecule has 138 valence electrons. The maximum atomic E-state index is 12.1. The zero-order valence-corrected chi connectivity index (χ0v) is 15.0. The quantitative estimate of drug-likeness (QED) is 0.614. The van der Waals surface area contributed by atoms with Crippen LogP contribution < -0.4 is 15.4 Å². The molecule has 0 aliphatic carbocycles. The number of carbonyl (C=O) groups is 1. The van der Waals surface area contributed by atoms with Crippen molar-refractivity contribution in [3.63, 3.8) is 0 Å². The molecule has 0 amide bonds. The Morgan fingerprint density at radius 1 is 1.07 bits per heavy atom. The minimum atomic E-state index is -0.404. The Morgan fingerprint density at radius 2 is 1.85 bits per heavy atom. The van der Waals surface area contributed by atoms with Crippen molar-refractivity contribution in [3.8, 4) is 5.75 Å². The van der Waals surface area contributed by atoms with Crippen LogP contribution in [0.25, 0.3) is 0 Å². The van der Waals surface area contributed by atoms with E-state index < -0.39 is 5.97 Å². The number of aromatic nitrogens is 3. The number of ether oxygens (including phenoxy) is 2. The summed E-state index contributed by atoms with van der Waals surface area (Å²) in [6.07, 6.45) is 1.47. The van der Waals surface area contributed by atoms with Crippen molar-refractivity contribution < 1.29 is 14.3 Å². The molecule has 2 N–H and O–H groups in total. The van der Waals surface area contributed by atoms with E-state index in [4.69, 9.17) is 9.47 Å². The van der Waals surface area contributed by atoms with Gasteiger partial charge in [-0.15, -0.1) is 5.10 Å². The molecule has 1 heterocycles. The zero-order valence-electron chi connectivity index (χ0n) is 15.0. The third-order valence-corrected chi connectivity index (χ3v) is 3.59. The predicted octanol–water partition coefficient (Wildman–Crippen LogP) is 3.54. The molecule has 0 atom stereocenters. The van der Waals surface area contributed by atoms with E-state index in [2.05, 4.69) is 25.8 Å². The van der Waals surface area contributed by atoms with Gasteiger partial charge in [-0.25, -0.2) is 4.79 Å². The van der Waals surface area contributed by atoms with Gasteiger partial charge in [-0.1, -0.05) is 12.1 Å². The minimum absolute atomic E-state index is 0.304. The van der Waals surface area contributed by atoms with Crippen LogP contribution >= 0.6 is 0 Å². The molecule has 0 aliphatic heterocycles. The molecule has 0 spiro atoms. The lowest BCUT2D eigenvalue weighted by molar-refractivity contribution is 0.0527. The van der Waals surface area contributed by atoms with Gasteiger partial charge in [0, 0.05) is 5.69 Å². The van der Waals surface area contributed by atoms with Crippen LogP contribution in [-0.2, 0) is 4.74 Å². The first-order chi connectivity index (χ1) is 13.2. The average molecular weight is 365 g/mol. The SMILES string of the molecule is CCOC(=O)c1ccccc1Nc1cnnc(Nc2ccc(OC)cc2)n1. The highest BCUT2D eigenvalue weighted by atomic mass is 16.5. The van der Waals surface area contributed by atoms with E-state index >= 15 is 0 Å². The van der Waals surface area contributed by atoms with Crippen molar-refractivity contribution in [2.75, 3.05) is 24.4 Å². The molecular weight excluding hydrogens is 346 g/mol. The maximum Gasteiger partial charge on any atom is 0.340 e. The van der Waals surface area contributed by atoms with Gasteiger partial charge in [-0.2, -0.15) is 10.1 Å².